The van der Waals surface area contributed by atoms with Crippen LogP contribution in [0.4, 0.5) is 0 Å². The molecule has 3 rings (SSSR count). The molecule has 2 N–H and O–H groups in total. The van der Waals surface area contributed by atoms with E-state index in [0.29, 0.717) is 5.92 Å². The summed E-state index contributed by atoms with van der Waals surface area (Å²) >= 11 is 3.76. The maximum Gasteiger partial charge on any atom is 0.0943 e. The van der Waals surface area contributed by atoms with E-state index >= 15 is 0 Å². The van der Waals surface area contributed by atoms with Crippen LogP contribution in [0.25, 0.3) is 0 Å². The zero-order valence-corrected chi connectivity index (χ0v) is 13.1. The number of thioether (sulfide) groups is 1. The Morgan fingerprint density at radius 1 is 1.63 bits per heavy atom. The number of rotatable bonds is 3. The standard InChI is InChI=1S/C14H22N2OS2/c1-10-8-19-13(16-10)6-12(15)11-2-4-17-14(7-11)3-5-18-9-14/h8,11-12H,2-7,9,15H2,1H3. The van der Waals surface area contributed by atoms with Crippen molar-refractivity contribution in [1.82, 2.24) is 4.98 Å². The Kier molecular flexibility index (Phi) is 4.17. The predicted molar refractivity (Wildman–Crippen MR) is 81.9 cm³/mol. The third-order valence-electron chi connectivity index (χ3n) is 4.28. The first kappa shape index (κ1) is 13.9. The number of hydrogen-bond donors (Lipinski definition) is 1. The molecular formula is C14H22N2OS2. The van der Waals surface area contributed by atoms with Crippen LogP contribution in [0.1, 0.15) is 30.0 Å². The van der Waals surface area contributed by atoms with Gasteiger partial charge in [0.25, 0.3) is 0 Å². The molecule has 2 aliphatic rings. The van der Waals surface area contributed by atoms with Crippen molar-refractivity contribution < 1.29 is 4.74 Å². The molecule has 0 radical (unpaired) electrons. The lowest BCUT2D eigenvalue weighted by molar-refractivity contribution is -0.0831. The minimum Gasteiger partial charge on any atom is -0.374 e. The van der Waals surface area contributed by atoms with Crippen molar-refractivity contribution in [2.24, 2.45) is 11.7 Å². The first-order valence-electron chi connectivity index (χ1n) is 7.05. The number of nitrogens with two attached hydrogens (primary N) is 1. The molecule has 0 saturated carbocycles. The fourth-order valence-corrected chi connectivity index (χ4v) is 5.38. The molecule has 1 spiro atoms. The molecule has 3 nitrogen and oxygen atoms in total. The molecule has 3 heterocycles. The Hall–Kier alpha value is -0.100. The molecule has 0 bridgehead atoms. The number of aromatic nitrogens is 1. The van der Waals surface area contributed by atoms with Gasteiger partial charge in [0.2, 0.25) is 0 Å². The average molecular weight is 298 g/mol. The fourth-order valence-electron chi connectivity index (χ4n) is 3.16. The Balaban J connectivity index is 1.61. The second-order valence-corrected chi connectivity index (χ2v) is 7.89. The predicted octanol–water partition coefficient (Wildman–Crippen LogP) is 2.62. The maximum absolute atomic E-state index is 6.44. The summed E-state index contributed by atoms with van der Waals surface area (Å²) < 4.78 is 6.07. The highest BCUT2D eigenvalue weighted by atomic mass is 32.2. The van der Waals surface area contributed by atoms with Crippen molar-refractivity contribution >= 4 is 23.1 Å². The Morgan fingerprint density at radius 3 is 3.21 bits per heavy atom. The Labute approximate surface area is 123 Å². The molecule has 1 aromatic heterocycles. The zero-order chi connectivity index (χ0) is 13.3. The first-order chi connectivity index (χ1) is 9.17. The maximum atomic E-state index is 6.44. The van der Waals surface area contributed by atoms with E-state index in [1.54, 1.807) is 11.3 Å². The third-order valence-corrected chi connectivity index (χ3v) is 6.49. The van der Waals surface area contributed by atoms with E-state index < -0.39 is 0 Å². The first-order valence-corrected chi connectivity index (χ1v) is 9.09. The van der Waals surface area contributed by atoms with Crippen LogP contribution in [0.3, 0.4) is 0 Å². The second kappa shape index (κ2) is 5.72. The number of ether oxygens (including phenoxy) is 1. The summed E-state index contributed by atoms with van der Waals surface area (Å²) in [6, 6.07) is 0.233. The summed E-state index contributed by atoms with van der Waals surface area (Å²) in [5.41, 5.74) is 7.70. The van der Waals surface area contributed by atoms with E-state index in [4.69, 9.17) is 10.5 Å². The summed E-state index contributed by atoms with van der Waals surface area (Å²) in [5, 5.41) is 3.30. The van der Waals surface area contributed by atoms with Gasteiger partial charge in [0.15, 0.2) is 0 Å². The molecule has 19 heavy (non-hydrogen) atoms. The summed E-state index contributed by atoms with van der Waals surface area (Å²) in [4.78, 5) is 4.54. The third kappa shape index (κ3) is 3.15. The molecule has 0 aliphatic carbocycles. The van der Waals surface area contributed by atoms with Gasteiger partial charge in [-0.25, -0.2) is 4.98 Å². The average Bonchev–Trinajstić information content (AvgIpc) is 3.00. The van der Waals surface area contributed by atoms with E-state index in [2.05, 4.69) is 10.4 Å². The smallest absolute Gasteiger partial charge is 0.0943 e. The van der Waals surface area contributed by atoms with Crippen LogP contribution >= 0.6 is 23.1 Å². The molecule has 106 valence electrons. The molecule has 1 aromatic rings. The molecular weight excluding hydrogens is 276 g/mol. The fraction of sp³-hybridized carbons (Fsp3) is 0.786. The van der Waals surface area contributed by atoms with Gasteiger partial charge in [-0.1, -0.05) is 0 Å². The van der Waals surface area contributed by atoms with Crippen LogP contribution in [0, 0.1) is 12.8 Å². The second-order valence-electron chi connectivity index (χ2n) is 5.84. The molecule has 0 aromatic carbocycles. The van der Waals surface area contributed by atoms with E-state index in [0.717, 1.165) is 37.3 Å². The van der Waals surface area contributed by atoms with Crippen LogP contribution in [0.2, 0.25) is 0 Å². The molecule has 0 amide bonds. The monoisotopic (exact) mass is 298 g/mol. The van der Waals surface area contributed by atoms with Crippen molar-refractivity contribution in [1.29, 1.82) is 0 Å². The zero-order valence-electron chi connectivity index (χ0n) is 11.4. The normalized spacial score (nSPS) is 32.8. The molecule has 2 aliphatic heterocycles. The summed E-state index contributed by atoms with van der Waals surface area (Å²) in [6.45, 7) is 2.93. The van der Waals surface area contributed by atoms with Gasteiger partial charge in [0, 0.05) is 35.9 Å². The van der Waals surface area contributed by atoms with E-state index in [-0.39, 0.29) is 11.6 Å². The van der Waals surface area contributed by atoms with Crippen molar-refractivity contribution in [2.45, 2.75) is 44.2 Å². The Morgan fingerprint density at radius 2 is 2.53 bits per heavy atom. The van der Waals surface area contributed by atoms with Crippen molar-refractivity contribution in [3.05, 3.63) is 16.1 Å². The lowest BCUT2D eigenvalue weighted by Gasteiger charge is -2.39. The van der Waals surface area contributed by atoms with Crippen molar-refractivity contribution in [3.8, 4) is 0 Å². The van der Waals surface area contributed by atoms with Gasteiger partial charge in [0.05, 0.1) is 10.6 Å². The van der Waals surface area contributed by atoms with Crippen molar-refractivity contribution in [2.75, 3.05) is 18.1 Å². The highest BCUT2D eigenvalue weighted by Crippen LogP contribution is 2.41. The quantitative estimate of drug-likeness (QED) is 0.932. The highest BCUT2D eigenvalue weighted by Gasteiger charge is 2.41. The van der Waals surface area contributed by atoms with Gasteiger partial charge in [-0.15, -0.1) is 11.3 Å². The van der Waals surface area contributed by atoms with Gasteiger partial charge >= 0.3 is 0 Å². The van der Waals surface area contributed by atoms with Gasteiger partial charge in [-0.3, -0.25) is 0 Å². The summed E-state index contributed by atoms with van der Waals surface area (Å²) in [6.07, 6.45) is 4.38. The van der Waals surface area contributed by atoms with Gasteiger partial charge < -0.3 is 10.5 Å². The van der Waals surface area contributed by atoms with Crippen molar-refractivity contribution in [3.63, 3.8) is 0 Å². The topological polar surface area (TPSA) is 48.1 Å². The van der Waals surface area contributed by atoms with Crippen LogP contribution in [-0.2, 0) is 11.2 Å². The van der Waals surface area contributed by atoms with Crippen LogP contribution in [-0.4, -0.2) is 34.7 Å². The largest absolute Gasteiger partial charge is 0.374 e. The van der Waals surface area contributed by atoms with E-state index in [1.807, 2.05) is 18.7 Å². The molecule has 2 fully saturated rings. The van der Waals surface area contributed by atoms with E-state index in [9.17, 15) is 0 Å². The number of hydrogen-bond acceptors (Lipinski definition) is 5. The lowest BCUT2D eigenvalue weighted by atomic mass is 9.80. The summed E-state index contributed by atoms with van der Waals surface area (Å²) in [7, 11) is 0. The van der Waals surface area contributed by atoms with Crippen LogP contribution in [0.5, 0.6) is 0 Å². The highest BCUT2D eigenvalue weighted by molar-refractivity contribution is 7.99. The number of nitrogens with zero attached hydrogens (tertiary/aromatic N) is 1. The minimum atomic E-state index is 0.143. The number of thiazole rings is 1. The Bertz CT molecular complexity index is 429. The van der Waals surface area contributed by atoms with E-state index in [1.165, 1.54) is 17.2 Å². The van der Waals surface area contributed by atoms with Gasteiger partial charge in [-0.05, 0) is 37.9 Å². The molecule has 2 saturated heterocycles. The van der Waals surface area contributed by atoms with Gasteiger partial charge in [0.1, 0.15) is 0 Å². The minimum absolute atomic E-state index is 0.143. The molecule has 5 heteroatoms. The SMILES string of the molecule is Cc1csc(CC(N)C2CCOC3(CCSC3)C2)n1. The van der Waals surface area contributed by atoms with Crippen LogP contribution in [0.15, 0.2) is 5.38 Å². The molecule has 3 unspecified atom stereocenters. The molecule has 3 atom stereocenters. The van der Waals surface area contributed by atoms with Gasteiger partial charge in [-0.2, -0.15) is 11.8 Å². The lowest BCUT2D eigenvalue weighted by Crippen LogP contribution is -2.46. The summed E-state index contributed by atoms with van der Waals surface area (Å²) in [5.74, 6) is 3.00. The van der Waals surface area contributed by atoms with Crippen LogP contribution < -0.4 is 5.73 Å². The number of aryl methyl sites for hydroxylation is 1.